The number of amides is 1. The summed E-state index contributed by atoms with van der Waals surface area (Å²) in [4.78, 5) is 20.7. The molecule has 1 amide bonds. The molecule has 0 fully saturated rings. The lowest BCUT2D eigenvalue weighted by Gasteiger charge is -2.42. The predicted molar refractivity (Wildman–Crippen MR) is 155 cm³/mol. The van der Waals surface area contributed by atoms with Crippen LogP contribution in [0, 0.1) is 17.1 Å². The highest BCUT2D eigenvalue weighted by Crippen LogP contribution is 2.44. The van der Waals surface area contributed by atoms with E-state index >= 15 is 4.39 Å². The van der Waals surface area contributed by atoms with Gasteiger partial charge in [0.05, 0.1) is 31.5 Å². The molecule has 2 rings (SSSR count). The van der Waals surface area contributed by atoms with Crippen LogP contribution in [0.1, 0.15) is 52.7 Å². The Morgan fingerprint density at radius 2 is 1.61 bits per heavy atom. The van der Waals surface area contributed by atoms with E-state index < -0.39 is 20.2 Å². The van der Waals surface area contributed by atoms with Crippen LogP contribution in [-0.2, 0) is 4.74 Å². The molecule has 7 nitrogen and oxygen atoms in total. The number of carbonyl (C=O) groups excluding carboxylic acids is 1. The van der Waals surface area contributed by atoms with Gasteiger partial charge in [0, 0.05) is 11.6 Å². The van der Waals surface area contributed by atoms with E-state index in [0.29, 0.717) is 17.0 Å². The highest BCUT2D eigenvalue weighted by molar-refractivity contribution is 8.15. The summed E-state index contributed by atoms with van der Waals surface area (Å²) >= 11 is 1.13. The number of methoxy groups -OCH3 is 2. The molecule has 0 N–H and O–H groups in total. The Morgan fingerprint density at radius 1 is 1.03 bits per heavy atom. The lowest BCUT2D eigenvalue weighted by atomic mass is 10.1. The van der Waals surface area contributed by atoms with Crippen molar-refractivity contribution in [2.75, 3.05) is 20.5 Å². The van der Waals surface area contributed by atoms with E-state index in [-0.39, 0.29) is 38.7 Å². The summed E-state index contributed by atoms with van der Waals surface area (Å²) in [6, 6.07) is 11.6. The van der Waals surface area contributed by atoms with Crippen LogP contribution >= 0.6 is 11.8 Å². The van der Waals surface area contributed by atoms with Crippen molar-refractivity contribution >= 4 is 42.6 Å². The van der Waals surface area contributed by atoms with E-state index in [2.05, 4.69) is 57.6 Å². The predicted octanol–water partition coefficient (Wildman–Crippen LogP) is 7.91. The number of nitrogens with zero attached hydrogens (tertiary/aromatic N) is 3. The van der Waals surface area contributed by atoms with Gasteiger partial charge in [-0.3, -0.25) is 0 Å². The Morgan fingerprint density at radius 3 is 2.05 bits per heavy atom. The maximum atomic E-state index is 16.4. The average Bonchev–Trinajstić information content (AvgIpc) is 2.89. The second-order valence-corrected chi connectivity index (χ2v) is 15.8. The monoisotopic (exact) mass is 557 g/mol. The van der Waals surface area contributed by atoms with Crippen molar-refractivity contribution in [3.63, 3.8) is 0 Å². The van der Waals surface area contributed by atoms with Crippen LogP contribution in [-0.4, -0.2) is 45.6 Å². The SMILES string of the molecule is COC(=O)/N=C(SC)/C(=N/c1ccc(C#N)cc1)c1cc(OC)cc(O[Si](C(C)C)(C(C)C)C(C)C)c1F. The number of carbonyl (C=O) groups is 1. The van der Waals surface area contributed by atoms with E-state index in [1.165, 1.54) is 20.3 Å². The van der Waals surface area contributed by atoms with E-state index in [9.17, 15) is 4.79 Å². The lowest BCUT2D eigenvalue weighted by Crippen LogP contribution is -2.51. The van der Waals surface area contributed by atoms with Gasteiger partial charge >= 0.3 is 6.09 Å². The zero-order chi connectivity index (χ0) is 28.6. The molecule has 0 atom stereocenters. The molecular weight excluding hydrogens is 521 g/mol. The molecule has 0 aromatic heterocycles. The Kier molecular flexibility index (Phi) is 11.1. The zero-order valence-electron chi connectivity index (χ0n) is 23.5. The summed E-state index contributed by atoms with van der Waals surface area (Å²) in [6.45, 7) is 12.7. The van der Waals surface area contributed by atoms with Crippen LogP contribution < -0.4 is 9.16 Å². The van der Waals surface area contributed by atoms with Crippen LogP contribution in [0.3, 0.4) is 0 Å². The number of nitriles is 1. The highest BCUT2D eigenvalue weighted by atomic mass is 32.2. The summed E-state index contributed by atoms with van der Waals surface area (Å²) in [5.41, 5.74) is 1.73. The molecule has 2 aromatic carbocycles. The number of thioether (sulfide) groups is 1. The topological polar surface area (TPSA) is 93.3 Å². The number of ether oxygens (including phenoxy) is 2. The summed E-state index contributed by atoms with van der Waals surface area (Å²) in [6.07, 6.45) is 0.868. The van der Waals surface area contributed by atoms with Crippen molar-refractivity contribution in [3.05, 3.63) is 53.3 Å². The molecule has 0 unspecified atom stereocenters. The fraction of sp³-hybridized carbons (Fsp3) is 0.429. The van der Waals surface area contributed by atoms with Gasteiger partial charge in [0.2, 0.25) is 0 Å². The molecule has 204 valence electrons. The molecule has 2 aromatic rings. The minimum atomic E-state index is -2.52. The normalized spacial score (nSPS) is 12.6. The van der Waals surface area contributed by atoms with Gasteiger partial charge in [-0.15, -0.1) is 11.8 Å². The van der Waals surface area contributed by atoms with E-state index in [0.717, 1.165) is 11.8 Å². The number of aliphatic imine (C=N–C) groups is 2. The molecule has 0 saturated heterocycles. The van der Waals surface area contributed by atoms with Gasteiger partial charge in [0.15, 0.2) is 5.82 Å². The maximum Gasteiger partial charge on any atom is 0.434 e. The third-order valence-electron chi connectivity index (χ3n) is 6.50. The third-order valence-corrected chi connectivity index (χ3v) is 13.2. The molecule has 38 heavy (non-hydrogen) atoms. The summed E-state index contributed by atoms with van der Waals surface area (Å²) in [7, 11) is 0.189. The molecule has 0 aliphatic carbocycles. The number of halogens is 1. The summed E-state index contributed by atoms with van der Waals surface area (Å²) in [5.74, 6) is -0.168. The Balaban J connectivity index is 2.88. The van der Waals surface area contributed by atoms with Gasteiger partial charge in [0.1, 0.15) is 22.3 Å². The minimum absolute atomic E-state index is 0.0693. The van der Waals surface area contributed by atoms with Gasteiger partial charge < -0.3 is 13.9 Å². The van der Waals surface area contributed by atoms with Gasteiger partial charge in [-0.05, 0) is 53.2 Å². The van der Waals surface area contributed by atoms with Gasteiger partial charge in [-0.2, -0.15) is 10.3 Å². The Labute approximate surface area is 230 Å². The minimum Gasteiger partial charge on any atom is -0.541 e. The first-order chi connectivity index (χ1) is 17.9. The van der Waals surface area contributed by atoms with E-state index in [1.807, 2.05) is 0 Å². The van der Waals surface area contributed by atoms with E-state index in [4.69, 9.17) is 19.2 Å². The first-order valence-electron chi connectivity index (χ1n) is 12.3. The quantitative estimate of drug-likeness (QED) is 0.177. The first-order valence-corrected chi connectivity index (χ1v) is 15.7. The fourth-order valence-corrected chi connectivity index (χ4v) is 10.5. The van der Waals surface area contributed by atoms with Gasteiger partial charge in [-0.25, -0.2) is 14.2 Å². The van der Waals surface area contributed by atoms with Crippen molar-refractivity contribution in [2.45, 2.75) is 58.2 Å². The number of hydrogen-bond acceptors (Lipinski definition) is 7. The average molecular weight is 558 g/mol. The highest BCUT2D eigenvalue weighted by Gasteiger charge is 2.47. The molecule has 10 heteroatoms. The van der Waals surface area contributed by atoms with Crippen LogP contribution in [0.5, 0.6) is 11.5 Å². The van der Waals surface area contributed by atoms with Crippen LogP contribution in [0.4, 0.5) is 14.9 Å². The molecule has 0 heterocycles. The van der Waals surface area contributed by atoms with Crippen LogP contribution in [0.15, 0.2) is 46.4 Å². The van der Waals surface area contributed by atoms with Crippen molar-refractivity contribution in [1.82, 2.24) is 0 Å². The molecule has 0 spiro atoms. The second kappa shape index (κ2) is 13.6. The van der Waals surface area contributed by atoms with Gasteiger partial charge in [0.25, 0.3) is 8.32 Å². The molecule has 0 radical (unpaired) electrons. The lowest BCUT2D eigenvalue weighted by molar-refractivity contribution is 0.183. The fourth-order valence-electron chi connectivity index (χ4n) is 4.77. The Hall–Kier alpha value is -3.16. The largest absolute Gasteiger partial charge is 0.541 e. The molecule has 0 saturated carbocycles. The molecule has 0 bridgehead atoms. The van der Waals surface area contributed by atoms with Crippen LogP contribution in [0.2, 0.25) is 16.6 Å². The first kappa shape index (κ1) is 31.1. The molecule has 0 aliphatic heterocycles. The van der Waals surface area contributed by atoms with Crippen LogP contribution in [0.25, 0.3) is 0 Å². The zero-order valence-corrected chi connectivity index (χ0v) is 25.3. The number of rotatable bonds is 9. The standard InChI is InChI=1S/C28H36FN3O4SSi/c1-17(2)38(18(3)4,19(5)6)36-24-15-22(34-7)14-23(25(24)29)26(27(37-9)32-28(33)35-8)31-21-12-10-20(16-30)11-13-21/h10-15,17-19H,1-9H3/b31-26+,32-27-. The van der Waals surface area contributed by atoms with Crippen molar-refractivity contribution in [1.29, 1.82) is 5.26 Å². The maximum absolute atomic E-state index is 16.4. The second-order valence-electron chi connectivity index (χ2n) is 9.62. The van der Waals surface area contributed by atoms with Crippen molar-refractivity contribution in [3.8, 4) is 17.6 Å². The van der Waals surface area contributed by atoms with Crippen molar-refractivity contribution in [2.24, 2.45) is 9.98 Å². The summed E-state index contributed by atoms with van der Waals surface area (Å²) < 4.78 is 33.4. The van der Waals surface area contributed by atoms with Crippen molar-refractivity contribution < 1.29 is 23.1 Å². The molecule has 0 aliphatic rings. The molecular formula is C28H36FN3O4SSi. The van der Waals surface area contributed by atoms with Gasteiger partial charge in [-0.1, -0.05) is 41.5 Å². The summed E-state index contributed by atoms with van der Waals surface area (Å²) in [5, 5.41) is 9.29. The van der Waals surface area contributed by atoms with E-state index in [1.54, 1.807) is 36.6 Å². The number of benzene rings is 2. The third kappa shape index (κ3) is 6.82. The smallest absolute Gasteiger partial charge is 0.434 e. The Bertz CT molecular complexity index is 1220. The number of hydrogen-bond donors (Lipinski definition) is 0.